The molecule has 1 aliphatic carbocycles. The number of anilines is 3. The van der Waals surface area contributed by atoms with Crippen LogP contribution in [0.3, 0.4) is 0 Å². The molecule has 0 bridgehead atoms. The van der Waals surface area contributed by atoms with Crippen molar-refractivity contribution in [2.75, 3.05) is 17.7 Å². The Morgan fingerprint density at radius 1 is 1.07 bits per heavy atom. The number of primary amides is 1. The molecule has 2 heterocycles. The van der Waals surface area contributed by atoms with Crippen LogP contribution < -0.4 is 21.7 Å². The van der Waals surface area contributed by atoms with Crippen molar-refractivity contribution in [1.82, 2.24) is 15.3 Å². The largest absolute Gasteiger partial charge is 0.366 e. The van der Waals surface area contributed by atoms with E-state index in [1.54, 1.807) is 12.3 Å². The fourth-order valence-electron chi connectivity index (χ4n) is 3.97. The number of fused-ring (bicyclic) bond motifs is 1. The highest BCUT2D eigenvalue weighted by molar-refractivity contribution is 5.99. The molecule has 1 saturated carbocycles. The van der Waals surface area contributed by atoms with Gasteiger partial charge in [-0.05, 0) is 55.6 Å². The number of likely N-dealkylation sites (N-methyl/N-ethyl adjacent to an activating group) is 1. The van der Waals surface area contributed by atoms with Crippen LogP contribution in [0.5, 0.6) is 0 Å². The zero-order chi connectivity index (χ0) is 20.2. The first-order chi connectivity index (χ1) is 14.1. The summed E-state index contributed by atoms with van der Waals surface area (Å²) >= 11 is 0. The quantitative estimate of drug-likeness (QED) is 0.514. The second-order valence-electron chi connectivity index (χ2n) is 7.45. The predicted molar refractivity (Wildman–Crippen MR) is 117 cm³/mol. The lowest BCUT2D eigenvalue weighted by atomic mass is 9.90. The molecule has 1 fully saturated rings. The zero-order valence-electron chi connectivity index (χ0n) is 16.5. The lowest BCUT2D eigenvalue weighted by Crippen LogP contribution is -2.44. The Bertz CT molecular complexity index is 1020. The highest BCUT2D eigenvalue weighted by Crippen LogP contribution is 2.26. The number of hydrogen-bond acceptors (Lipinski definition) is 6. The number of nitrogens with one attached hydrogen (secondary N) is 3. The Hall–Kier alpha value is -3.19. The van der Waals surface area contributed by atoms with Crippen LogP contribution in [0.25, 0.3) is 10.8 Å². The van der Waals surface area contributed by atoms with Gasteiger partial charge in [0, 0.05) is 35.6 Å². The number of carbonyl (C=O) groups excluding carboxylic acids is 1. The Kier molecular flexibility index (Phi) is 5.57. The van der Waals surface area contributed by atoms with Gasteiger partial charge in [0.25, 0.3) is 5.91 Å². The van der Waals surface area contributed by atoms with Gasteiger partial charge in [-0.1, -0.05) is 18.9 Å². The van der Waals surface area contributed by atoms with E-state index in [-0.39, 0.29) is 0 Å². The fraction of sp³-hybridized carbons (Fsp3) is 0.318. The zero-order valence-corrected chi connectivity index (χ0v) is 16.5. The van der Waals surface area contributed by atoms with E-state index in [2.05, 4.69) is 25.9 Å². The summed E-state index contributed by atoms with van der Waals surface area (Å²) in [5.74, 6) is 0.671. The molecule has 7 nitrogen and oxygen atoms in total. The molecule has 4 rings (SSSR count). The van der Waals surface area contributed by atoms with Crippen molar-refractivity contribution in [3.8, 4) is 0 Å². The number of benzene rings is 1. The molecular weight excluding hydrogens is 364 g/mol. The van der Waals surface area contributed by atoms with Crippen LogP contribution in [0.15, 0.2) is 48.8 Å². The highest BCUT2D eigenvalue weighted by atomic mass is 16.1. The first-order valence-electron chi connectivity index (χ1n) is 9.99. The summed E-state index contributed by atoms with van der Waals surface area (Å²) < 4.78 is 0. The molecule has 0 aliphatic heterocycles. The summed E-state index contributed by atoms with van der Waals surface area (Å²) in [6, 6.07) is 12.1. The highest BCUT2D eigenvalue weighted by Gasteiger charge is 2.24. The van der Waals surface area contributed by atoms with Crippen LogP contribution in [0, 0.1) is 0 Å². The van der Waals surface area contributed by atoms with E-state index in [9.17, 15) is 4.79 Å². The van der Waals surface area contributed by atoms with Gasteiger partial charge in [-0.3, -0.25) is 9.78 Å². The van der Waals surface area contributed by atoms with Gasteiger partial charge in [-0.15, -0.1) is 0 Å². The van der Waals surface area contributed by atoms with Crippen molar-refractivity contribution in [2.24, 2.45) is 5.73 Å². The molecule has 2 atom stereocenters. The van der Waals surface area contributed by atoms with Crippen molar-refractivity contribution in [3.63, 3.8) is 0 Å². The molecule has 7 heteroatoms. The number of nitrogens with two attached hydrogens (primary N) is 1. The normalized spacial score (nSPS) is 19.1. The smallest absolute Gasteiger partial charge is 0.252 e. The van der Waals surface area contributed by atoms with Crippen molar-refractivity contribution in [1.29, 1.82) is 0 Å². The summed E-state index contributed by atoms with van der Waals surface area (Å²) in [5, 5.41) is 12.3. The summed E-state index contributed by atoms with van der Waals surface area (Å²) in [4.78, 5) is 20.7. The standard InChI is InChI=1S/C22H26N6O/c1-24-18-4-2-3-5-19(18)27-20-9-8-17(21(23)29)22(28-20)26-16-7-6-15-13-25-11-10-14(15)12-16/h6-13,18-19,24H,2-5H2,1H3,(H2,23,29)(H2,26,27,28). The van der Waals surface area contributed by atoms with Crippen LogP contribution in [-0.4, -0.2) is 35.0 Å². The topological polar surface area (TPSA) is 105 Å². The van der Waals surface area contributed by atoms with Gasteiger partial charge in [0.2, 0.25) is 0 Å². The molecule has 1 aliphatic rings. The molecule has 29 heavy (non-hydrogen) atoms. The second kappa shape index (κ2) is 8.45. The third-order valence-electron chi connectivity index (χ3n) is 5.53. The second-order valence-corrected chi connectivity index (χ2v) is 7.45. The molecule has 2 aromatic heterocycles. The minimum absolute atomic E-state index is 0.307. The number of amides is 1. The SMILES string of the molecule is CNC1CCCCC1Nc1ccc(C(N)=O)c(Nc2ccc3cnccc3c2)n1. The maximum atomic E-state index is 11.9. The van der Waals surface area contributed by atoms with Gasteiger partial charge >= 0.3 is 0 Å². The number of carbonyl (C=O) groups is 1. The first-order valence-corrected chi connectivity index (χ1v) is 9.99. The predicted octanol–water partition coefficient (Wildman–Crippen LogP) is 3.41. The van der Waals surface area contributed by atoms with E-state index in [4.69, 9.17) is 5.73 Å². The molecule has 5 N–H and O–H groups in total. The van der Waals surface area contributed by atoms with Gasteiger partial charge in [-0.2, -0.15) is 0 Å². The molecule has 2 unspecified atom stereocenters. The Balaban J connectivity index is 1.61. The summed E-state index contributed by atoms with van der Waals surface area (Å²) in [5.41, 5.74) is 6.77. The molecule has 0 radical (unpaired) electrons. The average molecular weight is 390 g/mol. The van der Waals surface area contributed by atoms with E-state index in [0.717, 1.165) is 35.1 Å². The Labute approximate surface area is 170 Å². The molecular formula is C22H26N6O. The maximum Gasteiger partial charge on any atom is 0.252 e. The summed E-state index contributed by atoms with van der Waals surface area (Å²) in [6.45, 7) is 0. The molecule has 150 valence electrons. The van der Waals surface area contributed by atoms with Crippen LogP contribution in [0.4, 0.5) is 17.3 Å². The van der Waals surface area contributed by atoms with E-state index in [1.807, 2.05) is 43.6 Å². The lowest BCUT2D eigenvalue weighted by molar-refractivity contribution is 0.100. The van der Waals surface area contributed by atoms with E-state index < -0.39 is 5.91 Å². The van der Waals surface area contributed by atoms with Crippen LogP contribution >= 0.6 is 0 Å². The Morgan fingerprint density at radius 3 is 2.69 bits per heavy atom. The summed E-state index contributed by atoms with van der Waals surface area (Å²) in [7, 11) is 2.00. The fourth-order valence-corrected chi connectivity index (χ4v) is 3.97. The van der Waals surface area contributed by atoms with Gasteiger partial charge < -0.3 is 21.7 Å². The summed E-state index contributed by atoms with van der Waals surface area (Å²) in [6.07, 6.45) is 8.25. The first kappa shape index (κ1) is 19.1. The van der Waals surface area contributed by atoms with Crippen LogP contribution in [0.2, 0.25) is 0 Å². The van der Waals surface area contributed by atoms with E-state index in [0.29, 0.717) is 23.5 Å². The molecule has 1 aromatic carbocycles. The molecule has 3 aromatic rings. The van der Waals surface area contributed by atoms with Crippen LogP contribution in [-0.2, 0) is 0 Å². The van der Waals surface area contributed by atoms with E-state index in [1.165, 1.54) is 12.8 Å². The molecule has 0 saturated heterocycles. The molecule has 0 spiro atoms. The molecule has 1 amide bonds. The number of pyridine rings is 2. The van der Waals surface area contributed by atoms with Crippen molar-refractivity contribution < 1.29 is 4.79 Å². The van der Waals surface area contributed by atoms with Crippen molar-refractivity contribution >= 4 is 34.0 Å². The van der Waals surface area contributed by atoms with Crippen molar-refractivity contribution in [3.05, 3.63) is 54.4 Å². The van der Waals surface area contributed by atoms with Gasteiger partial charge in [0.15, 0.2) is 0 Å². The Morgan fingerprint density at radius 2 is 1.90 bits per heavy atom. The van der Waals surface area contributed by atoms with E-state index >= 15 is 0 Å². The number of hydrogen-bond donors (Lipinski definition) is 4. The number of rotatable bonds is 6. The van der Waals surface area contributed by atoms with Crippen LogP contribution in [0.1, 0.15) is 36.0 Å². The minimum Gasteiger partial charge on any atom is -0.366 e. The monoisotopic (exact) mass is 390 g/mol. The number of nitrogens with zero attached hydrogens (tertiary/aromatic N) is 2. The van der Waals surface area contributed by atoms with Gasteiger partial charge in [0.05, 0.1) is 5.56 Å². The maximum absolute atomic E-state index is 11.9. The van der Waals surface area contributed by atoms with Gasteiger partial charge in [0.1, 0.15) is 11.6 Å². The third-order valence-corrected chi connectivity index (χ3v) is 5.53. The average Bonchev–Trinajstić information content (AvgIpc) is 2.74. The van der Waals surface area contributed by atoms with Gasteiger partial charge in [-0.25, -0.2) is 4.98 Å². The lowest BCUT2D eigenvalue weighted by Gasteiger charge is -2.32. The van der Waals surface area contributed by atoms with Crippen molar-refractivity contribution in [2.45, 2.75) is 37.8 Å². The number of aromatic nitrogens is 2. The third kappa shape index (κ3) is 4.30. The minimum atomic E-state index is -0.512.